The molecule has 1 aliphatic rings. The fourth-order valence-electron chi connectivity index (χ4n) is 2.56. The van der Waals surface area contributed by atoms with Gasteiger partial charge in [0.1, 0.15) is 6.54 Å². The van der Waals surface area contributed by atoms with E-state index >= 15 is 0 Å². The lowest BCUT2D eigenvalue weighted by atomic mass is 10.2. The lowest BCUT2D eigenvalue weighted by Gasteiger charge is -2.31. The van der Waals surface area contributed by atoms with E-state index in [0.717, 1.165) is 0 Å². The molecule has 0 bridgehead atoms. The number of rotatable bonds is 2. The van der Waals surface area contributed by atoms with Crippen LogP contribution < -0.4 is 5.43 Å². The lowest BCUT2D eigenvalue weighted by molar-refractivity contribution is -0.138. The van der Waals surface area contributed by atoms with Crippen LogP contribution in [0.3, 0.4) is 0 Å². The molecule has 3 rings (SSSR count). The molecule has 1 unspecified atom stereocenters. The predicted molar refractivity (Wildman–Crippen MR) is 78.0 cm³/mol. The fraction of sp³-hybridized carbons (Fsp3) is 0.400. The van der Waals surface area contributed by atoms with Crippen LogP contribution in [-0.2, 0) is 16.1 Å². The first-order valence-corrected chi connectivity index (χ1v) is 6.99. The van der Waals surface area contributed by atoms with E-state index in [1.165, 1.54) is 6.20 Å². The summed E-state index contributed by atoms with van der Waals surface area (Å²) < 4.78 is 7.02. The number of hydrogen-bond acceptors (Lipinski definition) is 4. The first-order valence-electron chi connectivity index (χ1n) is 6.99. The molecule has 1 saturated heterocycles. The third-order valence-corrected chi connectivity index (χ3v) is 3.64. The topological polar surface area (TPSA) is 64.4 Å². The van der Waals surface area contributed by atoms with Gasteiger partial charge in [-0.2, -0.15) is 5.10 Å². The molecule has 0 N–H and O–H groups in total. The van der Waals surface area contributed by atoms with Crippen molar-refractivity contribution in [2.45, 2.75) is 19.6 Å². The van der Waals surface area contributed by atoms with Crippen molar-refractivity contribution in [3.05, 3.63) is 40.7 Å². The highest BCUT2D eigenvalue weighted by Crippen LogP contribution is 2.10. The van der Waals surface area contributed by atoms with Crippen molar-refractivity contribution in [3.63, 3.8) is 0 Å². The van der Waals surface area contributed by atoms with Crippen molar-refractivity contribution >= 4 is 16.8 Å². The van der Waals surface area contributed by atoms with Crippen LogP contribution in [0, 0.1) is 0 Å². The Morgan fingerprint density at radius 2 is 2.24 bits per heavy atom. The summed E-state index contributed by atoms with van der Waals surface area (Å²) in [5.41, 5.74) is 0.550. The van der Waals surface area contributed by atoms with Crippen LogP contribution in [0.4, 0.5) is 0 Å². The van der Waals surface area contributed by atoms with Gasteiger partial charge < -0.3 is 9.64 Å². The van der Waals surface area contributed by atoms with Crippen molar-refractivity contribution in [2.24, 2.45) is 0 Å². The van der Waals surface area contributed by atoms with E-state index in [2.05, 4.69) is 5.10 Å². The number of carbonyl (C=O) groups is 1. The van der Waals surface area contributed by atoms with Crippen molar-refractivity contribution in [1.82, 2.24) is 14.7 Å². The van der Waals surface area contributed by atoms with E-state index in [-0.39, 0.29) is 24.0 Å². The van der Waals surface area contributed by atoms with Gasteiger partial charge in [-0.15, -0.1) is 0 Å². The van der Waals surface area contributed by atoms with Gasteiger partial charge in [-0.3, -0.25) is 14.3 Å². The minimum atomic E-state index is -0.130. The van der Waals surface area contributed by atoms with Crippen LogP contribution in [0.2, 0.25) is 0 Å². The van der Waals surface area contributed by atoms with E-state index < -0.39 is 0 Å². The van der Waals surface area contributed by atoms with Gasteiger partial charge in [0.2, 0.25) is 11.3 Å². The summed E-state index contributed by atoms with van der Waals surface area (Å²) in [6, 6.07) is 7.19. The number of morpholine rings is 1. The number of nitrogens with zero attached hydrogens (tertiary/aromatic N) is 3. The largest absolute Gasteiger partial charge is 0.375 e. The van der Waals surface area contributed by atoms with Gasteiger partial charge in [0.15, 0.2) is 0 Å². The maximum absolute atomic E-state index is 12.4. The molecule has 1 aliphatic heterocycles. The highest BCUT2D eigenvalue weighted by molar-refractivity contribution is 5.81. The van der Waals surface area contributed by atoms with Gasteiger partial charge in [-0.1, -0.05) is 12.1 Å². The maximum atomic E-state index is 12.4. The number of ether oxygens (including phenoxy) is 1. The maximum Gasteiger partial charge on any atom is 0.244 e. The normalized spacial score (nSPS) is 18.9. The molecule has 6 heteroatoms. The Balaban J connectivity index is 1.86. The third kappa shape index (κ3) is 2.80. The van der Waals surface area contributed by atoms with Crippen molar-refractivity contribution in [1.29, 1.82) is 0 Å². The van der Waals surface area contributed by atoms with Crippen LogP contribution >= 0.6 is 0 Å². The number of hydrogen-bond donors (Lipinski definition) is 0. The van der Waals surface area contributed by atoms with Gasteiger partial charge in [-0.25, -0.2) is 0 Å². The van der Waals surface area contributed by atoms with Gasteiger partial charge >= 0.3 is 0 Å². The first-order chi connectivity index (χ1) is 10.1. The summed E-state index contributed by atoms with van der Waals surface area (Å²) >= 11 is 0. The van der Waals surface area contributed by atoms with E-state index in [0.29, 0.717) is 30.6 Å². The molecule has 1 atom stereocenters. The monoisotopic (exact) mass is 287 g/mol. The summed E-state index contributed by atoms with van der Waals surface area (Å²) in [4.78, 5) is 25.9. The second-order valence-corrected chi connectivity index (χ2v) is 5.20. The molecule has 1 amide bonds. The Labute approximate surface area is 121 Å². The van der Waals surface area contributed by atoms with Gasteiger partial charge in [0.05, 0.1) is 24.4 Å². The highest BCUT2D eigenvalue weighted by Gasteiger charge is 2.21. The van der Waals surface area contributed by atoms with E-state index in [4.69, 9.17) is 4.74 Å². The number of amides is 1. The standard InChI is InChI=1S/C15H17N3O3/c1-11-9-17(6-7-21-11)15(20)10-18-13-5-3-2-4-12(13)14(19)8-16-18/h2-5,8,11H,6-7,9-10H2,1H3. The van der Waals surface area contributed by atoms with E-state index in [9.17, 15) is 9.59 Å². The van der Waals surface area contributed by atoms with Crippen LogP contribution in [0.25, 0.3) is 10.9 Å². The van der Waals surface area contributed by atoms with Crippen molar-refractivity contribution in [2.75, 3.05) is 19.7 Å². The fourth-order valence-corrected chi connectivity index (χ4v) is 2.56. The summed E-state index contributed by atoms with van der Waals surface area (Å²) in [5, 5.41) is 4.66. The van der Waals surface area contributed by atoms with Crippen LogP contribution in [0.1, 0.15) is 6.92 Å². The summed E-state index contributed by atoms with van der Waals surface area (Å²) in [6.45, 7) is 3.84. The number of benzene rings is 1. The van der Waals surface area contributed by atoms with Gasteiger partial charge in [0.25, 0.3) is 0 Å². The van der Waals surface area contributed by atoms with Crippen molar-refractivity contribution < 1.29 is 9.53 Å². The molecule has 1 fully saturated rings. The minimum Gasteiger partial charge on any atom is -0.375 e. The molecule has 1 aromatic carbocycles. The SMILES string of the molecule is CC1CN(C(=O)Cn2ncc(=O)c3ccccc32)CCO1. The van der Waals surface area contributed by atoms with Gasteiger partial charge in [-0.05, 0) is 19.1 Å². The lowest BCUT2D eigenvalue weighted by Crippen LogP contribution is -2.46. The molecule has 6 nitrogen and oxygen atoms in total. The van der Waals surface area contributed by atoms with Crippen LogP contribution in [0.15, 0.2) is 35.3 Å². The second-order valence-electron chi connectivity index (χ2n) is 5.20. The average molecular weight is 287 g/mol. The van der Waals surface area contributed by atoms with Crippen LogP contribution in [-0.4, -0.2) is 46.4 Å². The third-order valence-electron chi connectivity index (χ3n) is 3.64. The highest BCUT2D eigenvalue weighted by atomic mass is 16.5. The molecule has 1 aromatic heterocycles. The first kappa shape index (κ1) is 13.8. The van der Waals surface area contributed by atoms with E-state index in [1.807, 2.05) is 13.0 Å². The number of carbonyl (C=O) groups excluding carboxylic acids is 1. The molecule has 2 aromatic rings. The molecule has 0 aliphatic carbocycles. The Morgan fingerprint density at radius 3 is 3.05 bits per heavy atom. The zero-order valence-corrected chi connectivity index (χ0v) is 11.9. The van der Waals surface area contributed by atoms with Gasteiger partial charge in [0, 0.05) is 18.5 Å². The number of aromatic nitrogens is 2. The minimum absolute atomic E-state index is 0.00791. The average Bonchev–Trinajstić information content (AvgIpc) is 2.50. The Bertz CT molecular complexity index is 725. The molecular weight excluding hydrogens is 270 g/mol. The molecule has 21 heavy (non-hydrogen) atoms. The Morgan fingerprint density at radius 1 is 1.43 bits per heavy atom. The Kier molecular flexibility index (Phi) is 3.70. The molecule has 0 saturated carbocycles. The molecule has 0 spiro atoms. The van der Waals surface area contributed by atoms with Crippen LogP contribution in [0.5, 0.6) is 0 Å². The van der Waals surface area contributed by atoms with E-state index in [1.54, 1.807) is 27.8 Å². The molecule has 0 radical (unpaired) electrons. The summed E-state index contributed by atoms with van der Waals surface area (Å²) in [5.74, 6) is -0.00791. The summed E-state index contributed by atoms with van der Waals surface area (Å²) in [6.07, 6.45) is 1.32. The molecule has 2 heterocycles. The quantitative estimate of drug-likeness (QED) is 0.813. The molecule has 110 valence electrons. The summed E-state index contributed by atoms with van der Waals surface area (Å²) in [7, 11) is 0. The Hall–Kier alpha value is -2.21. The predicted octanol–water partition coefficient (Wildman–Crippen LogP) is 0.644. The molecular formula is C15H17N3O3. The van der Waals surface area contributed by atoms with Crippen molar-refractivity contribution in [3.8, 4) is 0 Å². The zero-order valence-electron chi connectivity index (χ0n) is 11.9. The number of fused-ring (bicyclic) bond motifs is 1. The second kappa shape index (κ2) is 5.65. The smallest absolute Gasteiger partial charge is 0.244 e. The zero-order chi connectivity index (χ0) is 14.8. The number of para-hydroxylation sites is 1.